The molecule has 0 aliphatic heterocycles. The summed E-state index contributed by atoms with van der Waals surface area (Å²) in [5, 5.41) is 13.3. The lowest BCUT2D eigenvalue weighted by atomic mass is 10.0. The first kappa shape index (κ1) is 23.3. The molecule has 0 aliphatic rings. The van der Waals surface area contributed by atoms with Crippen LogP contribution in [0.1, 0.15) is 30.5 Å². The Morgan fingerprint density at radius 3 is 2.76 bits per heavy atom. The molecular weight excluding hydrogens is 442 g/mol. The number of carboxylic acids is 1. The number of ether oxygens (including phenoxy) is 1. The van der Waals surface area contributed by atoms with E-state index in [-0.39, 0.29) is 18.1 Å². The zero-order valence-electron chi connectivity index (χ0n) is 18.5. The van der Waals surface area contributed by atoms with Crippen LogP contribution in [0.15, 0.2) is 54.9 Å². The molecule has 4 rings (SSSR count). The molecule has 4 aromatic rings. The number of nitrogens with one attached hydrogen (secondary N) is 2. The number of halogens is 2. The van der Waals surface area contributed by atoms with Gasteiger partial charge in [-0.25, -0.2) is 18.7 Å². The van der Waals surface area contributed by atoms with Gasteiger partial charge in [-0.05, 0) is 67.9 Å². The van der Waals surface area contributed by atoms with Crippen molar-refractivity contribution in [1.29, 1.82) is 0 Å². The minimum Gasteiger partial charge on any atom is -0.494 e. The quantitative estimate of drug-likeness (QED) is 0.294. The highest BCUT2D eigenvalue weighted by molar-refractivity contribution is 5.90. The fourth-order valence-electron chi connectivity index (χ4n) is 3.56. The number of nitrogens with zero attached hydrogens (tertiary/aromatic N) is 2. The molecule has 1 atom stereocenters. The second-order valence-corrected chi connectivity index (χ2v) is 7.89. The van der Waals surface area contributed by atoms with Crippen molar-refractivity contribution in [2.45, 2.75) is 25.8 Å². The van der Waals surface area contributed by atoms with E-state index >= 15 is 0 Å². The number of aliphatic carboxylic acids is 1. The number of H-pyrrole nitrogens is 1. The summed E-state index contributed by atoms with van der Waals surface area (Å²) in [6.07, 6.45) is 3.49. The highest BCUT2D eigenvalue weighted by Gasteiger charge is 2.18. The minimum atomic E-state index is -0.886. The standard InChI is InChI=1S/C25H24F2N4O3/c1-15(25(32)33)20-12-29-22-8-7-18(11-19(20)22)34-10-2-9-28-14-23-21(27)13-30-24(31-23)16-3-5-17(26)6-4-16/h3-8,11-13,15,28-29H,2,9-10,14H2,1H3,(H,32,33). The Hall–Kier alpha value is -3.85. The van der Waals surface area contributed by atoms with E-state index in [1.54, 1.807) is 25.3 Å². The molecule has 7 nitrogen and oxygen atoms in total. The molecule has 0 radical (unpaired) electrons. The van der Waals surface area contributed by atoms with Crippen molar-refractivity contribution in [3.63, 3.8) is 0 Å². The van der Waals surface area contributed by atoms with Crippen LogP contribution < -0.4 is 10.1 Å². The Labute approximate surface area is 194 Å². The number of carbonyl (C=O) groups is 1. The van der Waals surface area contributed by atoms with Gasteiger partial charge in [-0.2, -0.15) is 0 Å². The Morgan fingerprint density at radius 2 is 2.00 bits per heavy atom. The normalized spacial score (nSPS) is 12.1. The lowest BCUT2D eigenvalue weighted by Gasteiger charge is -2.09. The maximum atomic E-state index is 14.1. The van der Waals surface area contributed by atoms with E-state index in [0.717, 1.165) is 17.1 Å². The van der Waals surface area contributed by atoms with Crippen molar-refractivity contribution in [3.05, 3.63) is 77.8 Å². The summed E-state index contributed by atoms with van der Waals surface area (Å²) >= 11 is 0. The SMILES string of the molecule is CC(C(=O)O)c1c[nH]c2ccc(OCCCNCc3nc(-c4ccc(F)cc4)ncc3F)cc12. The highest BCUT2D eigenvalue weighted by atomic mass is 19.1. The molecule has 0 spiro atoms. The van der Waals surface area contributed by atoms with Gasteiger partial charge in [0.2, 0.25) is 0 Å². The number of aromatic nitrogens is 3. The number of aromatic amines is 1. The van der Waals surface area contributed by atoms with E-state index in [1.807, 2.05) is 18.2 Å². The van der Waals surface area contributed by atoms with Gasteiger partial charge >= 0.3 is 5.97 Å². The van der Waals surface area contributed by atoms with Crippen LogP contribution in [0, 0.1) is 11.6 Å². The molecule has 0 amide bonds. The fraction of sp³-hybridized carbons (Fsp3) is 0.240. The largest absolute Gasteiger partial charge is 0.494 e. The van der Waals surface area contributed by atoms with Crippen LogP contribution in [0.5, 0.6) is 5.75 Å². The van der Waals surface area contributed by atoms with E-state index in [0.29, 0.717) is 42.3 Å². The molecular formula is C25H24F2N4O3. The van der Waals surface area contributed by atoms with Crippen molar-refractivity contribution in [3.8, 4) is 17.1 Å². The predicted octanol–water partition coefficient (Wildman–Crippen LogP) is 4.65. The van der Waals surface area contributed by atoms with Crippen LogP contribution in [-0.2, 0) is 11.3 Å². The maximum absolute atomic E-state index is 14.1. The van der Waals surface area contributed by atoms with Gasteiger partial charge in [0.05, 0.1) is 24.4 Å². The molecule has 0 aliphatic carbocycles. The van der Waals surface area contributed by atoms with Crippen molar-refractivity contribution >= 4 is 16.9 Å². The number of hydrogen-bond acceptors (Lipinski definition) is 5. The van der Waals surface area contributed by atoms with E-state index in [4.69, 9.17) is 4.74 Å². The summed E-state index contributed by atoms with van der Waals surface area (Å²) in [7, 11) is 0. The third kappa shape index (κ3) is 5.37. The first-order valence-electron chi connectivity index (χ1n) is 10.9. The zero-order chi connectivity index (χ0) is 24.1. The second kappa shape index (κ2) is 10.4. The number of fused-ring (bicyclic) bond motifs is 1. The molecule has 3 N–H and O–H groups in total. The van der Waals surface area contributed by atoms with Crippen molar-refractivity contribution < 1.29 is 23.4 Å². The molecule has 0 saturated heterocycles. The summed E-state index contributed by atoms with van der Waals surface area (Å²) in [6, 6.07) is 11.2. The summed E-state index contributed by atoms with van der Waals surface area (Å²) in [5.41, 5.74) is 2.40. The zero-order valence-corrected chi connectivity index (χ0v) is 18.5. The molecule has 2 heterocycles. The van der Waals surface area contributed by atoms with E-state index < -0.39 is 17.7 Å². The van der Waals surface area contributed by atoms with Crippen LogP contribution in [-0.4, -0.2) is 39.2 Å². The monoisotopic (exact) mass is 466 g/mol. The number of carboxylic acid groups (broad SMARTS) is 1. The molecule has 176 valence electrons. The Balaban J connectivity index is 1.28. The van der Waals surface area contributed by atoms with Crippen LogP contribution in [0.25, 0.3) is 22.3 Å². The van der Waals surface area contributed by atoms with Crippen molar-refractivity contribution in [2.75, 3.05) is 13.2 Å². The second-order valence-electron chi connectivity index (χ2n) is 7.89. The Morgan fingerprint density at radius 1 is 1.21 bits per heavy atom. The Kier molecular flexibility index (Phi) is 7.12. The number of benzene rings is 2. The first-order valence-corrected chi connectivity index (χ1v) is 10.9. The first-order chi connectivity index (χ1) is 16.4. The predicted molar refractivity (Wildman–Crippen MR) is 124 cm³/mol. The molecule has 0 bridgehead atoms. The third-order valence-corrected chi connectivity index (χ3v) is 5.50. The number of hydrogen-bond donors (Lipinski definition) is 3. The molecule has 34 heavy (non-hydrogen) atoms. The fourth-order valence-corrected chi connectivity index (χ4v) is 3.56. The van der Waals surface area contributed by atoms with Gasteiger partial charge in [-0.1, -0.05) is 0 Å². The van der Waals surface area contributed by atoms with Gasteiger partial charge in [0.25, 0.3) is 0 Å². The van der Waals surface area contributed by atoms with E-state index in [9.17, 15) is 18.7 Å². The summed E-state index contributed by atoms with van der Waals surface area (Å²) < 4.78 is 33.0. The molecule has 1 unspecified atom stereocenters. The van der Waals surface area contributed by atoms with Crippen LogP contribution in [0.2, 0.25) is 0 Å². The molecule has 9 heteroatoms. The summed E-state index contributed by atoms with van der Waals surface area (Å²) in [6.45, 7) is 2.87. The summed E-state index contributed by atoms with van der Waals surface area (Å²) in [5.74, 6) is -1.41. The molecule has 0 fully saturated rings. The molecule has 2 aromatic carbocycles. The smallest absolute Gasteiger partial charge is 0.310 e. The molecule has 0 saturated carbocycles. The third-order valence-electron chi connectivity index (χ3n) is 5.50. The topological polar surface area (TPSA) is 100 Å². The van der Waals surface area contributed by atoms with Crippen LogP contribution >= 0.6 is 0 Å². The molecule has 2 aromatic heterocycles. The lowest BCUT2D eigenvalue weighted by Crippen LogP contribution is -2.19. The van der Waals surface area contributed by atoms with Gasteiger partial charge in [-0.3, -0.25) is 4.79 Å². The number of rotatable bonds is 10. The average Bonchev–Trinajstić information content (AvgIpc) is 3.25. The van der Waals surface area contributed by atoms with Crippen LogP contribution in [0.3, 0.4) is 0 Å². The summed E-state index contributed by atoms with van der Waals surface area (Å²) in [4.78, 5) is 22.6. The van der Waals surface area contributed by atoms with E-state index in [1.165, 1.54) is 12.1 Å². The maximum Gasteiger partial charge on any atom is 0.310 e. The van der Waals surface area contributed by atoms with Gasteiger partial charge < -0.3 is 20.1 Å². The minimum absolute atomic E-state index is 0.217. The average molecular weight is 466 g/mol. The van der Waals surface area contributed by atoms with Gasteiger partial charge in [0.1, 0.15) is 11.6 Å². The van der Waals surface area contributed by atoms with Gasteiger partial charge in [-0.15, -0.1) is 0 Å². The van der Waals surface area contributed by atoms with Gasteiger partial charge in [0.15, 0.2) is 11.6 Å². The van der Waals surface area contributed by atoms with Crippen molar-refractivity contribution in [1.82, 2.24) is 20.3 Å². The lowest BCUT2D eigenvalue weighted by molar-refractivity contribution is -0.138. The highest BCUT2D eigenvalue weighted by Crippen LogP contribution is 2.29. The van der Waals surface area contributed by atoms with Gasteiger partial charge in [0, 0.05) is 29.2 Å². The van der Waals surface area contributed by atoms with Crippen LogP contribution in [0.4, 0.5) is 8.78 Å². The Bertz CT molecular complexity index is 1290. The van der Waals surface area contributed by atoms with E-state index in [2.05, 4.69) is 20.3 Å². The van der Waals surface area contributed by atoms with Crippen molar-refractivity contribution in [2.24, 2.45) is 0 Å².